The molecular weight excluding hydrogens is 580 g/mol. The van der Waals surface area contributed by atoms with Gasteiger partial charge in [-0.25, -0.2) is 9.97 Å². The molecule has 7 heteroatoms. The van der Waals surface area contributed by atoms with Gasteiger partial charge in [-0.1, -0.05) is 96.0 Å². The van der Waals surface area contributed by atoms with E-state index in [1.165, 1.54) is 0 Å². The van der Waals surface area contributed by atoms with Gasteiger partial charge in [-0.05, 0) is 57.9 Å². The predicted molar refractivity (Wildman–Crippen MR) is 170 cm³/mol. The third-order valence-electron chi connectivity index (χ3n) is 8.45. The van der Waals surface area contributed by atoms with Gasteiger partial charge in [0.1, 0.15) is 22.3 Å². The van der Waals surface area contributed by atoms with E-state index in [-0.39, 0.29) is 17.1 Å². The van der Waals surface area contributed by atoms with Crippen molar-refractivity contribution in [2.24, 2.45) is 0 Å². The summed E-state index contributed by atoms with van der Waals surface area (Å²) in [5.74, 6) is 0. The fraction of sp³-hybridized carbons (Fsp3) is 0. The first-order valence-corrected chi connectivity index (χ1v) is 14.0. The quantitative estimate of drug-likeness (QED) is 0.189. The molecule has 0 saturated heterocycles. The molecule has 10 bridgehead atoms. The number of aromatic nitrogens is 6. The Kier molecular flexibility index (Phi) is 4.98. The van der Waals surface area contributed by atoms with Crippen molar-refractivity contribution in [2.75, 3.05) is 0 Å². The van der Waals surface area contributed by atoms with Crippen molar-refractivity contribution in [1.29, 1.82) is 0 Å². The Hall–Kier alpha value is -5.36. The summed E-state index contributed by atoms with van der Waals surface area (Å²) in [5, 5.41) is 4.23. The number of hydrogen-bond donors (Lipinski definition) is 0. The Bertz CT molecular complexity index is 2490. The number of para-hydroxylation sites is 2. The average molecular weight is 600 g/mol. The summed E-state index contributed by atoms with van der Waals surface area (Å²) < 4.78 is 4.43. The molecule has 10 rings (SSSR count). The maximum absolute atomic E-state index is 5.35. The number of rotatable bonds is 2. The van der Waals surface area contributed by atoms with Crippen molar-refractivity contribution >= 4 is 77.0 Å². The number of nitrogens with zero attached hydrogens (tertiary/aromatic N) is 6. The van der Waals surface area contributed by atoms with Gasteiger partial charge in [0.05, 0.1) is 11.0 Å². The second kappa shape index (κ2) is 8.82. The zero-order valence-electron chi connectivity index (χ0n) is 22.5. The van der Waals surface area contributed by atoms with Crippen molar-refractivity contribution < 1.29 is 17.1 Å². The topological polar surface area (TPSA) is 63.8 Å². The van der Waals surface area contributed by atoms with Crippen LogP contribution in [0, 0.1) is 0 Å². The van der Waals surface area contributed by atoms with Gasteiger partial charge >= 0.3 is 17.1 Å². The van der Waals surface area contributed by atoms with Crippen LogP contribution in [0.4, 0.5) is 0 Å². The van der Waals surface area contributed by atoms with Crippen LogP contribution in [0.3, 0.4) is 0 Å². The molecule has 0 fully saturated rings. The van der Waals surface area contributed by atoms with E-state index >= 15 is 0 Å². The largest absolute Gasteiger partial charge is 2.00 e. The third-order valence-corrected chi connectivity index (χ3v) is 8.45. The van der Waals surface area contributed by atoms with Gasteiger partial charge in [-0.3, -0.25) is 9.13 Å². The van der Waals surface area contributed by atoms with Gasteiger partial charge in [0.2, 0.25) is 0 Å². The minimum absolute atomic E-state index is 0. The van der Waals surface area contributed by atoms with E-state index in [4.69, 9.17) is 19.9 Å². The molecule has 205 valence electrons. The molecule has 1 radical (unpaired) electrons. The SMILES string of the molecule is [Cu+2].c1ccc(-n2c3ccc4c5nc(c6[n-]c(c7ccccc76)c6[n-]c(c7ccccc76)c2nc53)n4-c2ccccc2)cc1. The molecule has 0 amide bonds. The van der Waals surface area contributed by atoms with Gasteiger partial charge in [-0.2, -0.15) is 0 Å². The molecule has 0 unspecified atom stereocenters. The van der Waals surface area contributed by atoms with Crippen molar-refractivity contribution in [3.63, 3.8) is 0 Å². The molecule has 5 aromatic carbocycles. The Labute approximate surface area is 255 Å². The van der Waals surface area contributed by atoms with Crippen LogP contribution in [0.1, 0.15) is 0 Å². The van der Waals surface area contributed by atoms with E-state index in [1.807, 2.05) is 12.1 Å². The van der Waals surface area contributed by atoms with Crippen molar-refractivity contribution in [3.8, 4) is 11.4 Å². The van der Waals surface area contributed by atoms with Gasteiger partial charge in [0.25, 0.3) is 0 Å². The van der Waals surface area contributed by atoms with Crippen molar-refractivity contribution in [2.45, 2.75) is 0 Å². The van der Waals surface area contributed by atoms with Gasteiger partial charge in [-0.15, -0.1) is 11.0 Å². The predicted octanol–water partition coefficient (Wildman–Crippen LogP) is 8.04. The van der Waals surface area contributed by atoms with E-state index < -0.39 is 0 Å². The summed E-state index contributed by atoms with van der Waals surface area (Å²) in [5.41, 5.74) is 10.7. The summed E-state index contributed by atoms with van der Waals surface area (Å²) in [6.07, 6.45) is 0. The zero-order valence-corrected chi connectivity index (χ0v) is 23.5. The average Bonchev–Trinajstić information content (AvgIpc) is 3.81. The fourth-order valence-corrected chi connectivity index (χ4v) is 6.63. The van der Waals surface area contributed by atoms with Gasteiger partial charge in [0, 0.05) is 11.4 Å². The number of hydrogen-bond acceptors (Lipinski definition) is 2. The zero-order chi connectivity index (χ0) is 27.4. The Morgan fingerprint density at radius 2 is 0.744 bits per heavy atom. The second-order valence-electron chi connectivity index (χ2n) is 10.7. The summed E-state index contributed by atoms with van der Waals surface area (Å²) in [6.45, 7) is 0. The summed E-state index contributed by atoms with van der Waals surface area (Å²) in [6, 6.07) is 41.9. The van der Waals surface area contributed by atoms with Crippen LogP contribution in [0.25, 0.3) is 88.3 Å². The molecule has 10 aromatic rings. The number of fused-ring (bicyclic) bond motifs is 5. The van der Waals surface area contributed by atoms with Crippen LogP contribution in [-0.2, 0) is 17.1 Å². The third kappa shape index (κ3) is 3.18. The minimum atomic E-state index is 0. The maximum atomic E-state index is 5.35. The Morgan fingerprint density at radius 3 is 1.14 bits per heavy atom. The molecule has 5 aromatic heterocycles. The minimum Gasteiger partial charge on any atom is -0.655 e. The molecule has 0 aliphatic heterocycles. The van der Waals surface area contributed by atoms with Crippen molar-refractivity contribution in [3.05, 3.63) is 121 Å². The summed E-state index contributed by atoms with van der Waals surface area (Å²) in [7, 11) is 0. The van der Waals surface area contributed by atoms with Crippen LogP contribution in [0.2, 0.25) is 0 Å². The molecule has 5 heterocycles. The number of imidazole rings is 2. The Balaban J connectivity index is 0.00000260. The Morgan fingerprint density at radius 1 is 0.395 bits per heavy atom. The van der Waals surface area contributed by atoms with E-state index in [0.717, 1.165) is 88.3 Å². The van der Waals surface area contributed by atoms with Crippen LogP contribution < -0.4 is 9.97 Å². The molecular formula is C36H20CuN6. The molecule has 0 aliphatic carbocycles. The summed E-state index contributed by atoms with van der Waals surface area (Å²) >= 11 is 0. The summed E-state index contributed by atoms with van der Waals surface area (Å²) in [4.78, 5) is 21.4. The van der Waals surface area contributed by atoms with Gasteiger partial charge in [0.15, 0.2) is 0 Å². The van der Waals surface area contributed by atoms with E-state index in [2.05, 4.69) is 118 Å². The van der Waals surface area contributed by atoms with Crippen LogP contribution in [-0.4, -0.2) is 19.1 Å². The smallest absolute Gasteiger partial charge is 0.655 e. The van der Waals surface area contributed by atoms with E-state index in [0.29, 0.717) is 0 Å². The second-order valence-corrected chi connectivity index (χ2v) is 10.7. The standard InChI is InChI=1S/C36H20N6.Cu/c1-3-11-21(12-4-1)41-27-19-20-28-34-33(27)39-35(41)31-25-17-9-7-15-23(25)29(37-31)30-24-16-8-10-18-26(24)32(38-30)36(40-34)42(28)22-13-5-2-6-14-22;/h1-20H;/q-2;+2. The first kappa shape index (κ1) is 24.3. The molecule has 0 N–H and O–H groups in total. The first-order valence-electron chi connectivity index (χ1n) is 14.0. The van der Waals surface area contributed by atoms with Crippen LogP contribution in [0.5, 0.6) is 0 Å². The first-order chi connectivity index (χ1) is 20.8. The van der Waals surface area contributed by atoms with E-state index in [9.17, 15) is 0 Å². The van der Waals surface area contributed by atoms with Crippen LogP contribution in [0.15, 0.2) is 121 Å². The molecule has 0 atom stereocenters. The molecule has 0 saturated carbocycles. The normalized spacial score (nSPS) is 12.0. The maximum Gasteiger partial charge on any atom is 2.00 e. The molecule has 0 spiro atoms. The fourth-order valence-electron chi connectivity index (χ4n) is 6.63. The van der Waals surface area contributed by atoms with E-state index in [1.54, 1.807) is 0 Å². The van der Waals surface area contributed by atoms with Crippen LogP contribution >= 0.6 is 0 Å². The molecule has 6 nitrogen and oxygen atoms in total. The number of benzene rings is 5. The molecule has 43 heavy (non-hydrogen) atoms. The molecule has 0 aliphatic rings. The van der Waals surface area contributed by atoms with Crippen molar-refractivity contribution in [1.82, 2.24) is 29.1 Å². The monoisotopic (exact) mass is 599 g/mol. The van der Waals surface area contributed by atoms with Gasteiger partial charge < -0.3 is 9.97 Å².